The zero-order valence-corrected chi connectivity index (χ0v) is 7.43. The summed E-state index contributed by atoms with van der Waals surface area (Å²) >= 11 is 0. The van der Waals surface area contributed by atoms with Gasteiger partial charge in [-0.1, -0.05) is 6.07 Å². The van der Waals surface area contributed by atoms with Crippen LogP contribution in [-0.2, 0) is 0 Å². The molecular weight excluding hydrogens is 186 g/mol. The minimum absolute atomic E-state index is 0.0518. The molecule has 14 heavy (non-hydrogen) atoms. The van der Waals surface area contributed by atoms with Crippen LogP contribution in [0.3, 0.4) is 0 Å². The highest BCUT2D eigenvalue weighted by molar-refractivity contribution is 5.49. The summed E-state index contributed by atoms with van der Waals surface area (Å²) < 4.78 is 0. The van der Waals surface area contributed by atoms with Crippen molar-refractivity contribution >= 4 is 11.4 Å². The van der Waals surface area contributed by atoms with Gasteiger partial charge in [-0.2, -0.15) is 0 Å². The summed E-state index contributed by atoms with van der Waals surface area (Å²) in [4.78, 5) is 9.64. The lowest BCUT2D eigenvalue weighted by Crippen LogP contribution is -1.91. The molecule has 0 spiro atoms. The molecule has 0 aliphatic carbocycles. The lowest BCUT2D eigenvalue weighted by atomic mass is 10.3. The standard InChI is InChI=1S/C6H6N2O3.C2H5N/c9-7-5-2-1-3-6(4-5)8(10)11;1-2-3-1/h1-4,7,9H;3H,1-2H2. The van der Waals surface area contributed by atoms with Gasteiger partial charge in [0, 0.05) is 25.2 Å². The molecule has 1 aliphatic rings. The Bertz CT molecular complexity index is 312. The molecule has 0 atom stereocenters. The second kappa shape index (κ2) is 5.15. The molecule has 2 rings (SSSR count). The predicted octanol–water partition coefficient (Wildman–Crippen LogP) is 0.986. The average Bonchev–Trinajstić information content (AvgIpc) is 3.05. The van der Waals surface area contributed by atoms with E-state index in [1.807, 2.05) is 5.48 Å². The van der Waals surface area contributed by atoms with E-state index < -0.39 is 4.92 Å². The molecule has 0 amide bonds. The fourth-order valence-electron chi connectivity index (χ4n) is 0.689. The van der Waals surface area contributed by atoms with Crippen molar-refractivity contribution in [3.63, 3.8) is 0 Å². The molecule has 1 heterocycles. The number of anilines is 1. The maximum Gasteiger partial charge on any atom is 0.271 e. The average molecular weight is 197 g/mol. The van der Waals surface area contributed by atoms with Crippen LogP contribution in [0.2, 0.25) is 0 Å². The number of nitrogens with zero attached hydrogens (tertiary/aromatic N) is 1. The fraction of sp³-hybridized carbons (Fsp3) is 0.250. The van der Waals surface area contributed by atoms with Gasteiger partial charge >= 0.3 is 0 Å². The highest BCUT2D eigenvalue weighted by atomic mass is 16.6. The third-order valence-corrected chi connectivity index (χ3v) is 1.44. The number of rotatable bonds is 2. The smallest absolute Gasteiger partial charge is 0.271 e. The Morgan fingerprint density at radius 2 is 2.14 bits per heavy atom. The Morgan fingerprint density at radius 1 is 1.50 bits per heavy atom. The van der Waals surface area contributed by atoms with Crippen LogP contribution in [0, 0.1) is 10.1 Å². The van der Waals surface area contributed by atoms with Crippen molar-refractivity contribution in [3.8, 4) is 0 Å². The quantitative estimate of drug-likeness (QED) is 0.373. The maximum absolute atomic E-state index is 10.2. The number of hydrogen-bond acceptors (Lipinski definition) is 5. The Labute approximate surface area is 80.7 Å². The first kappa shape index (κ1) is 10.4. The van der Waals surface area contributed by atoms with Gasteiger partial charge in [0.2, 0.25) is 0 Å². The Morgan fingerprint density at radius 3 is 2.57 bits per heavy atom. The van der Waals surface area contributed by atoms with Crippen LogP contribution in [0.5, 0.6) is 0 Å². The van der Waals surface area contributed by atoms with E-state index >= 15 is 0 Å². The molecule has 1 fully saturated rings. The maximum atomic E-state index is 10.2. The Balaban J connectivity index is 0.000000276. The first-order valence-corrected chi connectivity index (χ1v) is 4.09. The summed E-state index contributed by atoms with van der Waals surface area (Å²) in [6.07, 6.45) is 0. The van der Waals surface area contributed by atoms with Crippen LogP contribution in [0.25, 0.3) is 0 Å². The van der Waals surface area contributed by atoms with Gasteiger partial charge in [-0.3, -0.25) is 20.8 Å². The van der Waals surface area contributed by atoms with Gasteiger partial charge in [0.15, 0.2) is 0 Å². The summed E-state index contributed by atoms with van der Waals surface area (Å²) in [6.45, 7) is 2.50. The van der Waals surface area contributed by atoms with E-state index in [0.717, 1.165) is 0 Å². The van der Waals surface area contributed by atoms with Crippen molar-refractivity contribution in [2.24, 2.45) is 0 Å². The van der Waals surface area contributed by atoms with Gasteiger partial charge < -0.3 is 5.32 Å². The van der Waals surface area contributed by atoms with Crippen LogP contribution in [0.1, 0.15) is 0 Å². The molecule has 6 heteroatoms. The first-order valence-electron chi connectivity index (χ1n) is 4.09. The van der Waals surface area contributed by atoms with E-state index in [0.29, 0.717) is 5.69 Å². The predicted molar refractivity (Wildman–Crippen MR) is 51.4 cm³/mol. The molecule has 0 aromatic heterocycles. The number of nitro benzene ring substituents is 1. The summed E-state index contributed by atoms with van der Waals surface area (Å²) in [5.74, 6) is 0. The normalized spacial score (nSPS) is 12.4. The van der Waals surface area contributed by atoms with Crippen molar-refractivity contribution in [2.45, 2.75) is 0 Å². The van der Waals surface area contributed by atoms with Crippen molar-refractivity contribution in [3.05, 3.63) is 34.4 Å². The van der Waals surface area contributed by atoms with Crippen molar-refractivity contribution in [2.75, 3.05) is 18.6 Å². The Kier molecular flexibility index (Phi) is 3.84. The topological polar surface area (TPSA) is 97.3 Å². The van der Waals surface area contributed by atoms with Gasteiger partial charge in [-0.05, 0) is 6.07 Å². The summed E-state index contributed by atoms with van der Waals surface area (Å²) in [6, 6.07) is 5.59. The Hall–Kier alpha value is -1.66. The number of nitrogens with one attached hydrogen (secondary N) is 2. The van der Waals surface area contributed by atoms with Gasteiger partial charge in [0.1, 0.15) is 0 Å². The molecule has 1 saturated heterocycles. The molecule has 0 radical (unpaired) electrons. The molecule has 0 saturated carbocycles. The minimum Gasteiger partial charge on any atom is -0.314 e. The number of non-ortho nitro benzene ring substituents is 1. The number of nitro groups is 1. The van der Waals surface area contributed by atoms with E-state index in [-0.39, 0.29) is 5.69 Å². The summed E-state index contributed by atoms with van der Waals surface area (Å²) in [5, 5.41) is 21.5. The lowest BCUT2D eigenvalue weighted by Gasteiger charge is -1.95. The second-order valence-electron chi connectivity index (χ2n) is 2.67. The van der Waals surface area contributed by atoms with Crippen LogP contribution >= 0.6 is 0 Å². The van der Waals surface area contributed by atoms with E-state index in [9.17, 15) is 10.1 Å². The van der Waals surface area contributed by atoms with Crippen molar-refractivity contribution in [1.82, 2.24) is 5.32 Å². The van der Waals surface area contributed by atoms with E-state index in [1.54, 1.807) is 0 Å². The largest absolute Gasteiger partial charge is 0.314 e. The molecule has 3 N–H and O–H groups in total. The van der Waals surface area contributed by atoms with Crippen molar-refractivity contribution < 1.29 is 10.1 Å². The zero-order valence-electron chi connectivity index (χ0n) is 7.43. The SMILES string of the molecule is C1CN1.O=[N+]([O-])c1cccc(NO)c1. The van der Waals surface area contributed by atoms with Crippen LogP contribution < -0.4 is 10.8 Å². The van der Waals surface area contributed by atoms with Gasteiger partial charge in [0.05, 0.1) is 10.6 Å². The van der Waals surface area contributed by atoms with Crippen LogP contribution in [-0.4, -0.2) is 23.2 Å². The molecule has 1 aliphatic heterocycles. The summed E-state index contributed by atoms with van der Waals surface area (Å²) in [7, 11) is 0. The first-order chi connectivity index (χ1) is 6.74. The van der Waals surface area contributed by atoms with E-state index in [2.05, 4.69) is 5.32 Å². The minimum atomic E-state index is -0.527. The molecule has 76 valence electrons. The molecule has 1 aromatic carbocycles. The number of hydrogen-bond donors (Lipinski definition) is 3. The second-order valence-corrected chi connectivity index (χ2v) is 2.67. The molecule has 0 bridgehead atoms. The van der Waals surface area contributed by atoms with Gasteiger partial charge in [-0.15, -0.1) is 0 Å². The molecular formula is C8H11N3O3. The van der Waals surface area contributed by atoms with Gasteiger partial charge in [-0.25, -0.2) is 0 Å². The molecule has 0 unspecified atom stereocenters. The van der Waals surface area contributed by atoms with E-state index in [4.69, 9.17) is 5.21 Å². The third-order valence-electron chi connectivity index (χ3n) is 1.44. The monoisotopic (exact) mass is 197 g/mol. The summed E-state index contributed by atoms with van der Waals surface area (Å²) in [5.41, 5.74) is 2.07. The van der Waals surface area contributed by atoms with Crippen molar-refractivity contribution in [1.29, 1.82) is 0 Å². The third kappa shape index (κ3) is 3.83. The number of benzene rings is 1. The molecule has 6 nitrogen and oxygen atoms in total. The van der Waals surface area contributed by atoms with E-state index in [1.165, 1.54) is 37.4 Å². The zero-order chi connectivity index (χ0) is 10.4. The van der Waals surface area contributed by atoms with Crippen LogP contribution in [0.15, 0.2) is 24.3 Å². The fourth-order valence-corrected chi connectivity index (χ4v) is 0.689. The van der Waals surface area contributed by atoms with Gasteiger partial charge in [0.25, 0.3) is 5.69 Å². The lowest BCUT2D eigenvalue weighted by molar-refractivity contribution is -0.384. The highest BCUT2D eigenvalue weighted by Gasteiger charge is 2.03. The molecule has 1 aromatic rings. The highest BCUT2D eigenvalue weighted by Crippen LogP contribution is 2.15. The van der Waals surface area contributed by atoms with Crippen LogP contribution in [0.4, 0.5) is 11.4 Å².